The molecule has 1 heterocycles. The Hall–Kier alpha value is -3.11. The molecule has 0 aliphatic carbocycles. The van der Waals surface area contributed by atoms with Crippen molar-refractivity contribution in [1.82, 2.24) is 10.6 Å². The van der Waals surface area contributed by atoms with E-state index in [1.807, 2.05) is 13.8 Å². The first-order chi connectivity index (χ1) is 15.7. The molecule has 178 valence electrons. The van der Waals surface area contributed by atoms with E-state index in [1.165, 1.54) is 31.2 Å². The lowest BCUT2D eigenvalue weighted by molar-refractivity contribution is -0.114. The van der Waals surface area contributed by atoms with Gasteiger partial charge in [0, 0.05) is 50.4 Å². The summed E-state index contributed by atoms with van der Waals surface area (Å²) in [5.74, 6) is -0.492. The number of hydrogen-bond acceptors (Lipinski definition) is 6. The first-order valence-corrected chi connectivity index (χ1v) is 12.5. The standard InChI is InChI=1S/C23H31N5O4S/c1-4-16(2)25-23(30)18-5-10-22(28-13-11-24-12-14-28)21(15-18)27-33(31,32)20-8-6-19(7-9-20)26-17(3)29/h5-10,15-16,24,27H,4,11-14H2,1-3H3,(H,25,30)(H,26,29)/t16-/m0/s1. The zero-order chi connectivity index (χ0) is 24.0. The van der Waals surface area contributed by atoms with Crippen molar-refractivity contribution < 1.29 is 18.0 Å². The predicted molar refractivity (Wildman–Crippen MR) is 130 cm³/mol. The fraction of sp³-hybridized carbons (Fsp3) is 0.391. The number of amides is 2. The summed E-state index contributed by atoms with van der Waals surface area (Å²) in [7, 11) is -3.93. The van der Waals surface area contributed by atoms with Crippen molar-refractivity contribution in [3.05, 3.63) is 48.0 Å². The van der Waals surface area contributed by atoms with Gasteiger partial charge in [0.15, 0.2) is 0 Å². The SMILES string of the molecule is CC[C@H](C)NC(=O)c1ccc(N2CCNCC2)c(NS(=O)(=O)c2ccc(NC(C)=O)cc2)c1. The van der Waals surface area contributed by atoms with Crippen LogP contribution in [-0.4, -0.2) is 52.5 Å². The smallest absolute Gasteiger partial charge is 0.261 e. The summed E-state index contributed by atoms with van der Waals surface area (Å²) in [5.41, 5.74) is 1.95. The topological polar surface area (TPSA) is 120 Å². The molecule has 2 aromatic carbocycles. The summed E-state index contributed by atoms with van der Waals surface area (Å²) in [4.78, 5) is 26.0. The molecule has 3 rings (SSSR count). The van der Waals surface area contributed by atoms with E-state index in [9.17, 15) is 18.0 Å². The minimum Gasteiger partial charge on any atom is -0.367 e. The van der Waals surface area contributed by atoms with Crippen molar-refractivity contribution in [3.63, 3.8) is 0 Å². The maximum atomic E-state index is 13.1. The Kier molecular flexibility index (Phi) is 7.93. The van der Waals surface area contributed by atoms with Crippen molar-refractivity contribution in [3.8, 4) is 0 Å². The fourth-order valence-corrected chi connectivity index (χ4v) is 4.54. The van der Waals surface area contributed by atoms with Crippen molar-refractivity contribution in [2.24, 2.45) is 0 Å². The lowest BCUT2D eigenvalue weighted by Crippen LogP contribution is -2.43. The quantitative estimate of drug-likeness (QED) is 0.467. The Morgan fingerprint density at radius 3 is 2.36 bits per heavy atom. The number of hydrogen-bond donors (Lipinski definition) is 4. The molecular weight excluding hydrogens is 442 g/mol. The average molecular weight is 474 g/mol. The molecule has 0 aromatic heterocycles. The van der Waals surface area contributed by atoms with Gasteiger partial charge in [0.25, 0.3) is 15.9 Å². The van der Waals surface area contributed by atoms with E-state index in [2.05, 4.69) is 25.6 Å². The highest BCUT2D eigenvalue weighted by atomic mass is 32.2. The first-order valence-electron chi connectivity index (χ1n) is 11.0. The Bertz CT molecular complexity index is 1100. The first kappa shape index (κ1) is 24.5. The number of sulfonamides is 1. The van der Waals surface area contributed by atoms with Gasteiger partial charge >= 0.3 is 0 Å². The Morgan fingerprint density at radius 1 is 1.09 bits per heavy atom. The van der Waals surface area contributed by atoms with Gasteiger partial charge in [0.05, 0.1) is 16.3 Å². The summed E-state index contributed by atoms with van der Waals surface area (Å²) < 4.78 is 29.0. The minimum atomic E-state index is -3.93. The maximum absolute atomic E-state index is 13.1. The number of benzene rings is 2. The number of anilines is 3. The van der Waals surface area contributed by atoms with Crippen LogP contribution >= 0.6 is 0 Å². The second-order valence-electron chi connectivity index (χ2n) is 8.06. The molecule has 1 aliphatic heterocycles. The molecule has 1 aliphatic rings. The van der Waals surface area contributed by atoms with E-state index in [-0.39, 0.29) is 22.8 Å². The number of carbonyl (C=O) groups is 2. The summed E-state index contributed by atoms with van der Waals surface area (Å²) >= 11 is 0. The van der Waals surface area contributed by atoms with Crippen LogP contribution in [0.15, 0.2) is 47.4 Å². The van der Waals surface area contributed by atoms with Crippen molar-refractivity contribution in [2.75, 3.05) is 41.1 Å². The van der Waals surface area contributed by atoms with E-state index in [1.54, 1.807) is 18.2 Å². The maximum Gasteiger partial charge on any atom is 0.261 e. The highest BCUT2D eigenvalue weighted by molar-refractivity contribution is 7.92. The van der Waals surface area contributed by atoms with Crippen LogP contribution in [0.3, 0.4) is 0 Å². The molecule has 0 radical (unpaired) electrons. The van der Waals surface area contributed by atoms with Crippen LogP contribution in [0.4, 0.5) is 17.1 Å². The van der Waals surface area contributed by atoms with Gasteiger partial charge in [-0.05, 0) is 55.8 Å². The largest absolute Gasteiger partial charge is 0.367 e. The Labute approximate surface area is 195 Å². The summed E-state index contributed by atoms with van der Waals surface area (Å²) in [6.45, 7) is 8.29. The zero-order valence-electron chi connectivity index (χ0n) is 19.1. The highest BCUT2D eigenvalue weighted by Gasteiger charge is 2.22. The van der Waals surface area contributed by atoms with Crippen molar-refractivity contribution in [2.45, 2.75) is 38.1 Å². The third-order valence-electron chi connectivity index (χ3n) is 5.44. The number of carbonyl (C=O) groups excluding carboxylic acids is 2. The molecule has 1 fully saturated rings. The van der Waals surface area contributed by atoms with Crippen molar-refractivity contribution >= 4 is 38.9 Å². The lowest BCUT2D eigenvalue weighted by atomic mass is 10.1. The summed E-state index contributed by atoms with van der Waals surface area (Å²) in [5, 5.41) is 8.81. The Morgan fingerprint density at radius 2 is 1.76 bits per heavy atom. The van der Waals surface area contributed by atoms with Gasteiger partial charge in [0.1, 0.15) is 0 Å². The van der Waals surface area contributed by atoms with Crippen LogP contribution in [0.1, 0.15) is 37.6 Å². The van der Waals surface area contributed by atoms with Gasteiger partial charge < -0.3 is 20.9 Å². The molecule has 1 atom stereocenters. The van der Waals surface area contributed by atoms with Gasteiger partial charge in [-0.1, -0.05) is 6.92 Å². The van der Waals surface area contributed by atoms with E-state index in [0.29, 0.717) is 16.9 Å². The third-order valence-corrected chi connectivity index (χ3v) is 6.82. The van der Waals surface area contributed by atoms with E-state index in [4.69, 9.17) is 0 Å². The third kappa shape index (κ3) is 6.45. The monoisotopic (exact) mass is 473 g/mol. The van der Waals surface area contributed by atoms with E-state index in [0.717, 1.165) is 38.3 Å². The molecule has 2 aromatic rings. The molecule has 0 spiro atoms. The Balaban J connectivity index is 1.92. The molecular formula is C23H31N5O4S. The van der Waals surface area contributed by atoms with Crippen LogP contribution in [-0.2, 0) is 14.8 Å². The lowest BCUT2D eigenvalue weighted by Gasteiger charge is -2.31. The molecule has 1 saturated heterocycles. The van der Waals surface area contributed by atoms with Crippen LogP contribution < -0.4 is 25.6 Å². The van der Waals surface area contributed by atoms with E-state index < -0.39 is 10.0 Å². The zero-order valence-corrected chi connectivity index (χ0v) is 20.0. The van der Waals surface area contributed by atoms with Gasteiger partial charge in [-0.3, -0.25) is 14.3 Å². The van der Waals surface area contributed by atoms with Gasteiger partial charge in [-0.15, -0.1) is 0 Å². The molecule has 0 saturated carbocycles. The highest BCUT2D eigenvalue weighted by Crippen LogP contribution is 2.30. The molecule has 9 nitrogen and oxygen atoms in total. The second-order valence-corrected chi connectivity index (χ2v) is 9.75. The van der Waals surface area contributed by atoms with Crippen molar-refractivity contribution in [1.29, 1.82) is 0 Å². The molecule has 0 unspecified atom stereocenters. The van der Waals surface area contributed by atoms with Gasteiger partial charge in [0.2, 0.25) is 5.91 Å². The number of piperazine rings is 1. The molecule has 4 N–H and O–H groups in total. The number of rotatable bonds is 8. The summed E-state index contributed by atoms with van der Waals surface area (Å²) in [6.07, 6.45) is 0.790. The van der Waals surface area contributed by atoms with Crippen LogP contribution in [0.5, 0.6) is 0 Å². The molecule has 10 heteroatoms. The summed E-state index contributed by atoms with van der Waals surface area (Å²) in [6, 6.07) is 11.0. The van der Waals surface area contributed by atoms with Crippen LogP contribution in [0.2, 0.25) is 0 Å². The molecule has 33 heavy (non-hydrogen) atoms. The number of nitrogens with one attached hydrogen (secondary N) is 4. The number of nitrogens with zero attached hydrogens (tertiary/aromatic N) is 1. The predicted octanol–water partition coefficient (Wildman–Crippen LogP) is 2.38. The van der Waals surface area contributed by atoms with Gasteiger partial charge in [-0.2, -0.15) is 0 Å². The van der Waals surface area contributed by atoms with Crippen LogP contribution in [0.25, 0.3) is 0 Å². The fourth-order valence-electron chi connectivity index (χ4n) is 3.47. The molecule has 2 amide bonds. The normalized spacial score (nSPS) is 14.9. The van der Waals surface area contributed by atoms with E-state index >= 15 is 0 Å². The minimum absolute atomic E-state index is 0.00705. The van der Waals surface area contributed by atoms with Crippen LogP contribution in [0, 0.1) is 0 Å². The second kappa shape index (κ2) is 10.7. The molecule has 0 bridgehead atoms. The van der Waals surface area contributed by atoms with Gasteiger partial charge in [-0.25, -0.2) is 8.42 Å². The average Bonchev–Trinajstić information content (AvgIpc) is 2.79.